The molecule has 2 aromatic heterocycles. The van der Waals surface area contributed by atoms with E-state index in [0.717, 1.165) is 12.0 Å². The Bertz CT molecular complexity index is 770. The molecule has 6 nitrogen and oxygen atoms in total. The minimum atomic E-state index is -0.0171. The van der Waals surface area contributed by atoms with Crippen LogP contribution >= 0.6 is 0 Å². The standard InChI is InChI=1S/C18H20N4O2/c1-20-8-3-5-15(20)18(24)21-9-6-14-16(21)10-17(23)22(14)12-13-4-2-7-19-11-13/h2-5,7-8,11,14,16H,6,9-10,12H2,1H3/t14-,16+/m1/s1. The van der Waals surface area contributed by atoms with E-state index < -0.39 is 0 Å². The van der Waals surface area contributed by atoms with Crippen molar-refractivity contribution in [3.63, 3.8) is 0 Å². The van der Waals surface area contributed by atoms with Crippen LogP contribution in [0.4, 0.5) is 0 Å². The molecule has 0 spiro atoms. The number of likely N-dealkylation sites (tertiary alicyclic amines) is 2. The zero-order valence-corrected chi connectivity index (χ0v) is 13.6. The Hall–Kier alpha value is -2.63. The van der Waals surface area contributed by atoms with E-state index in [2.05, 4.69) is 4.98 Å². The van der Waals surface area contributed by atoms with Crippen molar-refractivity contribution in [2.45, 2.75) is 31.5 Å². The Morgan fingerprint density at radius 3 is 2.88 bits per heavy atom. The molecule has 2 amide bonds. The number of pyridine rings is 1. The van der Waals surface area contributed by atoms with Gasteiger partial charge in [0.1, 0.15) is 5.69 Å². The summed E-state index contributed by atoms with van der Waals surface area (Å²) in [6.45, 7) is 1.27. The molecule has 0 saturated carbocycles. The molecule has 0 unspecified atom stereocenters. The van der Waals surface area contributed by atoms with E-state index in [1.165, 1.54) is 0 Å². The highest BCUT2D eigenvalue weighted by molar-refractivity contribution is 5.94. The second-order valence-electron chi connectivity index (χ2n) is 6.51. The Morgan fingerprint density at radius 2 is 2.17 bits per heavy atom. The number of fused-ring (bicyclic) bond motifs is 1. The summed E-state index contributed by atoms with van der Waals surface area (Å²) in [4.78, 5) is 33.2. The molecule has 2 aliphatic heterocycles. The van der Waals surface area contributed by atoms with E-state index in [1.807, 2.05) is 51.9 Å². The van der Waals surface area contributed by atoms with Gasteiger partial charge in [0.05, 0.1) is 12.1 Å². The van der Waals surface area contributed by atoms with Crippen molar-refractivity contribution < 1.29 is 9.59 Å². The van der Waals surface area contributed by atoms with Gasteiger partial charge in [0.2, 0.25) is 5.91 Å². The number of rotatable bonds is 3. The minimum Gasteiger partial charge on any atom is -0.347 e. The van der Waals surface area contributed by atoms with Crippen LogP contribution in [0.2, 0.25) is 0 Å². The summed E-state index contributed by atoms with van der Waals surface area (Å²) in [6.07, 6.45) is 6.65. The molecule has 24 heavy (non-hydrogen) atoms. The molecule has 124 valence electrons. The van der Waals surface area contributed by atoms with Crippen molar-refractivity contribution in [3.8, 4) is 0 Å². The summed E-state index contributed by atoms with van der Waals surface area (Å²) < 4.78 is 1.83. The second kappa shape index (κ2) is 5.78. The average Bonchev–Trinajstić information content (AvgIpc) is 3.26. The zero-order valence-electron chi connectivity index (χ0n) is 13.6. The molecule has 2 aromatic rings. The Morgan fingerprint density at radius 1 is 1.29 bits per heavy atom. The van der Waals surface area contributed by atoms with Crippen molar-refractivity contribution in [2.75, 3.05) is 6.54 Å². The maximum absolute atomic E-state index is 12.8. The van der Waals surface area contributed by atoms with Gasteiger partial charge in [-0.25, -0.2) is 0 Å². The number of aromatic nitrogens is 2. The van der Waals surface area contributed by atoms with Crippen LogP contribution < -0.4 is 0 Å². The second-order valence-corrected chi connectivity index (χ2v) is 6.51. The molecular formula is C18H20N4O2. The summed E-state index contributed by atoms with van der Waals surface area (Å²) in [5.41, 5.74) is 1.70. The normalized spacial score (nSPS) is 23.0. The molecule has 0 aliphatic carbocycles. The lowest BCUT2D eigenvalue weighted by Crippen LogP contribution is -2.40. The lowest BCUT2D eigenvalue weighted by Gasteiger charge is -2.25. The molecule has 2 aliphatic rings. The summed E-state index contributed by atoms with van der Waals surface area (Å²) in [5, 5.41) is 0. The monoisotopic (exact) mass is 324 g/mol. The van der Waals surface area contributed by atoms with E-state index in [4.69, 9.17) is 0 Å². The third-order valence-electron chi connectivity index (χ3n) is 5.11. The third-order valence-corrected chi connectivity index (χ3v) is 5.11. The first-order valence-electron chi connectivity index (χ1n) is 8.26. The fraction of sp³-hybridized carbons (Fsp3) is 0.389. The van der Waals surface area contributed by atoms with Gasteiger partial charge in [-0.3, -0.25) is 14.6 Å². The van der Waals surface area contributed by atoms with Gasteiger partial charge in [-0.05, 0) is 30.2 Å². The van der Waals surface area contributed by atoms with Crippen LogP contribution in [0.15, 0.2) is 42.9 Å². The number of nitrogens with zero attached hydrogens (tertiary/aromatic N) is 4. The highest BCUT2D eigenvalue weighted by Crippen LogP contribution is 2.34. The summed E-state index contributed by atoms with van der Waals surface area (Å²) in [5.74, 6) is 0.143. The molecule has 4 rings (SSSR count). The van der Waals surface area contributed by atoms with Crippen LogP contribution in [0.1, 0.15) is 28.9 Å². The lowest BCUT2D eigenvalue weighted by molar-refractivity contribution is -0.129. The van der Waals surface area contributed by atoms with Gasteiger partial charge in [-0.1, -0.05) is 6.07 Å². The van der Waals surface area contributed by atoms with Crippen LogP contribution in [0.3, 0.4) is 0 Å². The third kappa shape index (κ3) is 2.38. The molecule has 2 atom stereocenters. The molecule has 0 N–H and O–H groups in total. The Kier molecular flexibility index (Phi) is 3.59. The number of carbonyl (C=O) groups excluding carboxylic acids is 2. The molecule has 6 heteroatoms. The fourth-order valence-corrected chi connectivity index (χ4v) is 3.90. The topological polar surface area (TPSA) is 58.4 Å². The predicted octanol–water partition coefficient (Wildman–Crippen LogP) is 1.44. The van der Waals surface area contributed by atoms with Crippen LogP contribution in [0, 0.1) is 0 Å². The molecule has 0 radical (unpaired) electrons. The van der Waals surface area contributed by atoms with Crippen LogP contribution in [-0.4, -0.2) is 49.8 Å². The molecule has 4 heterocycles. The van der Waals surface area contributed by atoms with Gasteiger partial charge in [0, 0.05) is 45.1 Å². The molecule has 2 fully saturated rings. The quantitative estimate of drug-likeness (QED) is 0.858. The van der Waals surface area contributed by atoms with Crippen molar-refractivity contribution >= 4 is 11.8 Å². The number of aryl methyl sites for hydroxylation is 1. The molecule has 2 saturated heterocycles. The summed E-state index contributed by atoms with van der Waals surface area (Å²) in [6, 6.07) is 7.66. The minimum absolute atomic E-state index is 0.0171. The predicted molar refractivity (Wildman–Crippen MR) is 88.0 cm³/mol. The number of hydrogen-bond acceptors (Lipinski definition) is 3. The molecule has 0 bridgehead atoms. The van der Waals surface area contributed by atoms with Crippen molar-refractivity contribution in [2.24, 2.45) is 7.05 Å². The van der Waals surface area contributed by atoms with E-state index in [1.54, 1.807) is 12.4 Å². The van der Waals surface area contributed by atoms with Gasteiger partial charge in [-0.15, -0.1) is 0 Å². The first-order chi connectivity index (χ1) is 11.6. The number of carbonyl (C=O) groups is 2. The SMILES string of the molecule is Cn1cccc1C(=O)N1CC[C@@H]2[C@@H]1CC(=O)N2Cc1cccnc1. The number of amides is 2. The summed E-state index contributed by atoms with van der Waals surface area (Å²) in [7, 11) is 1.87. The lowest BCUT2D eigenvalue weighted by atomic mass is 10.1. The first kappa shape index (κ1) is 14.9. The maximum atomic E-state index is 12.8. The van der Waals surface area contributed by atoms with Gasteiger partial charge in [0.15, 0.2) is 0 Å². The molecule has 0 aromatic carbocycles. The Balaban J connectivity index is 1.53. The Labute approximate surface area is 140 Å². The van der Waals surface area contributed by atoms with Crippen LogP contribution in [0.5, 0.6) is 0 Å². The van der Waals surface area contributed by atoms with Crippen molar-refractivity contribution in [1.29, 1.82) is 0 Å². The van der Waals surface area contributed by atoms with Crippen LogP contribution in [-0.2, 0) is 18.4 Å². The maximum Gasteiger partial charge on any atom is 0.270 e. The van der Waals surface area contributed by atoms with E-state index in [0.29, 0.717) is 25.2 Å². The van der Waals surface area contributed by atoms with E-state index in [-0.39, 0.29) is 23.9 Å². The highest BCUT2D eigenvalue weighted by atomic mass is 16.2. The number of hydrogen-bond donors (Lipinski definition) is 0. The van der Waals surface area contributed by atoms with Gasteiger partial charge in [0.25, 0.3) is 5.91 Å². The van der Waals surface area contributed by atoms with Gasteiger partial charge >= 0.3 is 0 Å². The summed E-state index contributed by atoms with van der Waals surface area (Å²) >= 11 is 0. The molecular weight excluding hydrogens is 304 g/mol. The highest BCUT2D eigenvalue weighted by Gasteiger charge is 2.48. The van der Waals surface area contributed by atoms with Crippen molar-refractivity contribution in [3.05, 3.63) is 54.1 Å². The van der Waals surface area contributed by atoms with Crippen molar-refractivity contribution in [1.82, 2.24) is 19.4 Å². The van der Waals surface area contributed by atoms with Gasteiger partial charge in [-0.2, -0.15) is 0 Å². The zero-order chi connectivity index (χ0) is 16.7. The van der Waals surface area contributed by atoms with E-state index in [9.17, 15) is 9.59 Å². The fourth-order valence-electron chi connectivity index (χ4n) is 3.90. The largest absolute Gasteiger partial charge is 0.347 e. The smallest absolute Gasteiger partial charge is 0.270 e. The van der Waals surface area contributed by atoms with Gasteiger partial charge < -0.3 is 14.4 Å². The van der Waals surface area contributed by atoms with Crippen LogP contribution in [0.25, 0.3) is 0 Å². The average molecular weight is 324 g/mol. The van der Waals surface area contributed by atoms with E-state index >= 15 is 0 Å². The first-order valence-corrected chi connectivity index (χ1v) is 8.26.